The third-order valence-electron chi connectivity index (χ3n) is 7.84. The quantitative estimate of drug-likeness (QED) is 0.415. The molecule has 0 spiro atoms. The number of hydrogen-bond donors (Lipinski definition) is 0. The molecule has 194 valence electrons. The number of carbonyl (C=O) groups excluding carboxylic acids is 2. The second-order valence-corrected chi connectivity index (χ2v) is 12.3. The van der Waals surface area contributed by atoms with E-state index in [0.29, 0.717) is 42.5 Å². The Labute approximate surface area is 216 Å². The number of aryl methyl sites for hydroxylation is 1. The minimum Gasteiger partial charge on any atom is -0.317 e. The number of hydrogen-bond acceptors (Lipinski definition) is 3. The molecule has 0 radical (unpaired) electrons. The lowest BCUT2D eigenvalue weighted by molar-refractivity contribution is -0.137. The number of benzene rings is 2. The molecular weight excluding hydrogens is 475 g/mol. The van der Waals surface area contributed by atoms with Crippen molar-refractivity contribution in [2.24, 2.45) is 10.8 Å². The zero-order valence-corrected chi connectivity index (χ0v) is 21.9. The Kier molecular flexibility index (Phi) is 5.81. The molecular formula is C31H32F3NO2. The molecule has 5 rings (SSSR count). The average Bonchev–Trinajstić information content (AvgIpc) is 2.76. The highest BCUT2D eigenvalue weighted by Crippen LogP contribution is 2.56. The first-order valence-electron chi connectivity index (χ1n) is 12.7. The van der Waals surface area contributed by atoms with Crippen molar-refractivity contribution in [3.63, 3.8) is 0 Å². The van der Waals surface area contributed by atoms with Crippen LogP contribution in [0.3, 0.4) is 0 Å². The largest absolute Gasteiger partial charge is 0.416 e. The monoisotopic (exact) mass is 507 g/mol. The van der Waals surface area contributed by atoms with Crippen molar-refractivity contribution in [1.82, 2.24) is 0 Å². The molecule has 0 N–H and O–H groups in total. The molecule has 0 atom stereocenters. The Balaban J connectivity index is 1.85. The van der Waals surface area contributed by atoms with Crippen LogP contribution in [0.2, 0.25) is 0 Å². The Morgan fingerprint density at radius 1 is 0.784 bits per heavy atom. The molecule has 6 heteroatoms. The summed E-state index contributed by atoms with van der Waals surface area (Å²) >= 11 is 0. The summed E-state index contributed by atoms with van der Waals surface area (Å²) in [6.45, 7) is 10.0. The molecule has 0 amide bonds. The zero-order chi connectivity index (χ0) is 26.9. The molecule has 2 aliphatic carbocycles. The smallest absolute Gasteiger partial charge is 0.317 e. The second kappa shape index (κ2) is 8.44. The number of halogens is 3. The first-order valence-corrected chi connectivity index (χ1v) is 12.7. The summed E-state index contributed by atoms with van der Waals surface area (Å²) in [5.74, 6) is -0.596. The van der Waals surface area contributed by atoms with Gasteiger partial charge in [0, 0.05) is 47.0 Å². The number of ketones is 2. The lowest BCUT2D eigenvalue weighted by atomic mass is 9.63. The summed E-state index contributed by atoms with van der Waals surface area (Å²) in [4.78, 5) is 29.5. The van der Waals surface area contributed by atoms with Gasteiger partial charge in [-0.25, -0.2) is 0 Å². The number of carbonyl (C=O) groups is 2. The van der Waals surface area contributed by atoms with Crippen LogP contribution in [0.1, 0.15) is 76.0 Å². The van der Waals surface area contributed by atoms with Gasteiger partial charge in [0.15, 0.2) is 11.6 Å². The number of nitrogens with zero attached hydrogens (tertiary/aromatic N) is 1. The van der Waals surface area contributed by atoms with Gasteiger partial charge < -0.3 is 4.90 Å². The number of anilines is 1. The lowest BCUT2D eigenvalue weighted by Crippen LogP contribution is -2.44. The summed E-state index contributed by atoms with van der Waals surface area (Å²) in [6.07, 6.45) is -2.80. The fourth-order valence-electron chi connectivity index (χ4n) is 6.32. The Morgan fingerprint density at radius 2 is 1.32 bits per heavy atom. The summed E-state index contributed by atoms with van der Waals surface area (Å²) < 4.78 is 41.2. The van der Waals surface area contributed by atoms with Gasteiger partial charge in [-0.2, -0.15) is 13.2 Å². The lowest BCUT2D eigenvalue weighted by Gasteiger charge is -2.49. The van der Waals surface area contributed by atoms with E-state index in [2.05, 4.69) is 0 Å². The normalized spacial score (nSPS) is 21.8. The van der Waals surface area contributed by atoms with Crippen LogP contribution in [-0.4, -0.2) is 11.6 Å². The van der Waals surface area contributed by atoms with Crippen LogP contribution >= 0.6 is 0 Å². The van der Waals surface area contributed by atoms with Crippen LogP contribution in [0.25, 0.3) is 0 Å². The van der Waals surface area contributed by atoms with Crippen LogP contribution in [0.4, 0.5) is 18.9 Å². The molecule has 3 nitrogen and oxygen atoms in total. The van der Waals surface area contributed by atoms with Crippen molar-refractivity contribution < 1.29 is 22.8 Å². The summed E-state index contributed by atoms with van der Waals surface area (Å²) in [7, 11) is 0. The van der Waals surface area contributed by atoms with E-state index in [0.717, 1.165) is 34.7 Å². The van der Waals surface area contributed by atoms with Crippen molar-refractivity contribution in [2.45, 2.75) is 72.4 Å². The molecule has 0 aromatic heterocycles. The highest BCUT2D eigenvalue weighted by atomic mass is 19.4. The summed E-state index contributed by atoms with van der Waals surface area (Å²) in [5, 5.41) is 0. The van der Waals surface area contributed by atoms with Crippen LogP contribution in [0, 0.1) is 17.8 Å². The number of alkyl halides is 3. The molecule has 1 heterocycles. The third-order valence-corrected chi connectivity index (χ3v) is 7.84. The Bertz CT molecular complexity index is 1320. The van der Waals surface area contributed by atoms with Gasteiger partial charge in [0.25, 0.3) is 0 Å². The Hall–Kier alpha value is -3.15. The van der Waals surface area contributed by atoms with Crippen LogP contribution < -0.4 is 4.90 Å². The van der Waals surface area contributed by atoms with Crippen molar-refractivity contribution in [2.75, 3.05) is 4.90 Å². The van der Waals surface area contributed by atoms with E-state index in [1.807, 2.05) is 63.8 Å². The fraction of sp³-hybridized carbons (Fsp3) is 0.419. The fourth-order valence-corrected chi connectivity index (χ4v) is 6.32. The Morgan fingerprint density at radius 3 is 1.84 bits per heavy atom. The van der Waals surface area contributed by atoms with Gasteiger partial charge >= 0.3 is 6.18 Å². The molecule has 2 aromatic carbocycles. The first kappa shape index (κ1) is 25.5. The average molecular weight is 508 g/mol. The van der Waals surface area contributed by atoms with E-state index < -0.39 is 17.7 Å². The van der Waals surface area contributed by atoms with Crippen LogP contribution in [0.5, 0.6) is 0 Å². The molecule has 0 saturated carbocycles. The van der Waals surface area contributed by atoms with E-state index in [1.165, 1.54) is 6.07 Å². The van der Waals surface area contributed by atoms with E-state index in [4.69, 9.17) is 0 Å². The highest BCUT2D eigenvalue weighted by molar-refractivity contribution is 6.08. The minimum atomic E-state index is -4.51. The molecule has 0 fully saturated rings. The van der Waals surface area contributed by atoms with Crippen molar-refractivity contribution in [1.29, 1.82) is 0 Å². The predicted molar refractivity (Wildman–Crippen MR) is 138 cm³/mol. The van der Waals surface area contributed by atoms with E-state index >= 15 is 0 Å². The van der Waals surface area contributed by atoms with E-state index in [1.54, 1.807) is 6.07 Å². The highest BCUT2D eigenvalue weighted by Gasteiger charge is 2.49. The predicted octanol–water partition coefficient (Wildman–Crippen LogP) is 7.90. The topological polar surface area (TPSA) is 37.4 Å². The van der Waals surface area contributed by atoms with Gasteiger partial charge in [-0.05, 0) is 59.9 Å². The SMILES string of the molecule is Cc1ccccc1C1C2=C(CC(C)(C)CC2=O)N(c2cccc(C(F)(F)F)c2)C2=C1C(=O)CC(C)(C)C2. The van der Waals surface area contributed by atoms with Gasteiger partial charge in [-0.15, -0.1) is 0 Å². The summed E-state index contributed by atoms with van der Waals surface area (Å²) in [5.41, 5.74) is 3.30. The molecule has 1 aliphatic heterocycles. The van der Waals surface area contributed by atoms with E-state index in [-0.39, 0.29) is 22.4 Å². The van der Waals surface area contributed by atoms with Gasteiger partial charge in [-0.1, -0.05) is 58.0 Å². The molecule has 0 saturated heterocycles. The van der Waals surface area contributed by atoms with Gasteiger partial charge in [0.1, 0.15) is 0 Å². The summed E-state index contributed by atoms with van der Waals surface area (Å²) in [6, 6.07) is 13.0. The van der Waals surface area contributed by atoms with Crippen LogP contribution in [0.15, 0.2) is 71.1 Å². The molecule has 2 aromatic rings. The third kappa shape index (κ3) is 4.45. The number of allylic oxidation sites excluding steroid dienone is 4. The molecule has 37 heavy (non-hydrogen) atoms. The zero-order valence-electron chi connectivity index (χ0n) is 21.9. The van der Waals surface area contributed by atoms with Crippen molar-refractivity contribution in [3.8, 4) is 0 Å². The van der Waals surface area contributed by atoms with Crippen LogP contribution in [-0.2, 0) is 15.8 Å². The molecule has 3 aliphatic rings. The molecule has 0 bridgehead atoms. The van der Waals surface area contributed by atoms with Gasteiger partial charge in [0.05, 0.1) is 5.56 Å². The molecule has 0 unspecified atom stereocenters. The van der Waals surface area contributed by atoms with E-state index in [9.17, 15) is 22.8 Å². The minimum absolute atomic E-state index is 0.0411. The van der Waals surface area contributed by atoms with Gasteiger partial charge in [0.2, 0.25) is 0 Å². The standard InChI is InChI=1S/C31H32F3NO2/c1-18-9-6-7-12-21(18)26-27-22(14-29(2,3)16-24(27)36)35(20-11-8-10-19(13-20)31(32,33)34)23-15-30(4,5)17-25(37)28(23)26/h6-13,26H,14-17H2,1-5H3. The second-order valence-electron chi connectivity index (χ2n) is 12.3. The maximum Gasteiger partial charge on any atom is 0.416 e. The number of Topliss-reactive ketones (excluding diaryl/α,β-unsaturated/α-hetero) is 2. The van der Waals surface area contributed by atoms with Gasteiger partial charge in [-0.3, -0.25) is 9.59 Å². The maximum atomic E-state index is 13.9. The van der Waals surface area contributed by atoms with Crippen molar-refractivity contribution >= 4 is 17.3 Å². The number of rotatable bonds is 2. The van der Waals surface area contributed by atoms with Crippen molar-refractivity contribution in [3.05, 3.63) is 87.8 Å². The maximum absolute atomic E-state index is 13.9. The first-order chi connectivity index (χ1) is 17.2.